The lowest BCUT2D eigenvalue weighted by atomic mass is 10.2. The lowest BCUT2D eigenvalue weighted by molar-refractivity contribution is -0.127. The summed E-state index contributed by atoms with van der Waals surface area (Å²) in [6.45, 7) is 3.80. The molecule has 0 aliphatic carbocycles. The Morgan fingerprint density at radius 3 is 2.72 bits per heavy atom. The average Bonchev–Trinajstić information content (AvgIpc) is 2.93. The number of halogens is 1. The zero-order chi connectivity index (χ0) is 21.0. The van der Waals surface area contributed by atoms with Gasteiger partial charge >= 0.3 is 0 Å². The maximum atomic E-state index is 12.7. The normalized spacial score (nSPS) is 15.1. The Morgan fingerprint density at radius 2 is 2.00 bits per heavy atom. The van der Waals surface area contributed by atoms with Gasteiger partial charge in [-0.2, -0.15) is 0 Å². The predicted octanol–water partition coefficient (Wildman–Crippen LogP) is 4.72. The number of ether oxygens (including phenoxy) is 1. The van der Waals surface area contributed by atoms with Crippen LogP contribution < -0.4 is 10.1 Å². The minimum atomic E-state index is -0.526. The Balaban J connectivity index is 1.76. The number of carbonyl (C=O) groups is 3. The fourth-order valence-electron chi connectivity index (χ4n) is 2.74. The molecule has 2 aromatic carbocycles. The summed E-state index contributed by atoms with van der Waals surface area (Å²) in [6.07, 6.45) is 1.56. The van der Waals surface area contributed by atoms with Gasteiger partial charge in [0.25, 0.3) is 11.1 Å². The number of hydrogen-bond acceptors (Lipinski definition) is 5. The van der Waals surface area contributed by atoms with Crippen LogP contribution in [0.4, 0.5) is 10.5 Å². The summed E-state index contributed by atoms with van der Waals surface area (Å²) in [5.74, 6) is -0.413. The van der Waals surface area contributed by atoms with Crippen molar-refractivity contribution in [1.29, 1.82) is 0 Å². The number of para-hydroxylation sites is 1. The van der Waals surface area contributed by atoms with Gasteiger partial charge in [-0.15, -0.1) is 0 Å². The van der Waals surface area contributed by atoms with Gasteiger partial charge in [-0.05, 0) is 61.5 Å². The number of amides is 3. The molecule has 1 fully saturated rings. The topological polar surface area (TPSA) is 75.7 Å². The maximum Gasteiger partial charge on any atom is 0.294 e. The van der Waals surface area contributed by atoms with E-state index in [1.165, 1.54) is 0 Å². The van der Waals surface area contributed by atoms with Gasteiger partial charge in [-0.3, -0.25) is 19.3 Å². The van der Waals surface area contributed by atoms with Crippen LogP contribution in [0.15, 0.2) is 47.4 Å². The zero-order valence-corrected chi connectivity index (χ0v) is 17.5. The Hall–Kier alpha value is -2.77. The highest BCUT2D eigenvalue weighted by Crippen LogP contribution is 2.34. The van der Waals surface area contributed by atoms with Crippen molar-refractivity contribution in [2.24, 2.45) is 0 Å². The molecule has 0 aromatic heterocycles. The molecule has 1 aliphatic heterocycles. The Morgan fingerprint density at radius 1 is 1.24 bits per heavy atom. The van der Waals surface area contributed by atoms with Gasteiger partial charge in [-0.25, -0.2) is 0 Å². The van der Waals surface area contributed by atoms with Crippen LogP contribution in [0.2, 0.25) is 5.02 Å². The van der Waals surface area contributed by atoms with Crippen LogP contribution in [-0.2, 0) is 9.59 Å². The van der Waals surface area contributed by atoms with Crippen molar-refractivity contribution in [2.75, 3.05) is 18.5 Å². The molecule has 1 N–H and O–H groups in total. The second kappa shape index (κ2) is 9.15. The molecule has 0 saturated carbocycles. The molecule has 6 nitrogen and oxygen atoms in total. The summed E-state index contributed by atoms with van der Waals surface area (Å²) in [5.41, 5.74) is 2.12. The van der Waals surface area contributed by atoms with E-state index in [2.05, 4.69) is 5.32 Å². The molecule has 29 heavy (non-hydrogen) atoms. The molecular weight excluding hydrogens is 412 g/mol. The number of benzene rings is 2. The van der Waals surface area contributed by atoms with Crippen molar-refractivity contribution >= 4 is 52.2 Å². The van der Waals surface area contributed by atoms with Crippen LogP contribution in [0.1, 0.15) is 18.1 Å². The van der Waals surface area contributed by atoms with E-state index in [1.807, 2.05) is 26.0 Å². The van der Waals surface area contributed by atoms with Gasteiger partial charge in [0.1, 0.15) is 12.3 Å². The summed E-state index contributed by atoms with van der Waals surface area (Å²) >= 11 is 6.83. The molecule has 1 saturated heterocycles. The van der Waals surface area contributed by atoms with Crippen LogP contribution in [0.3, 0.4) is 0 Å². The molecule has 8 heteroatoms. The lowest BCUT2D eigenvalue weighted by Crippen LogP contribution is -2.36. The third-order valence-corrected chi connectivity index (χ3v) is 5.30. The van der Waals surface area contributed by atoms with Crippen LogP contribution in [0, 0.1) is 6.92 Å². The highest BCUT2D eigenvalue weighted by Gasteiger charge is 2.36. The first-order valence-corrected chi connectivity index (χ1v) is 10.1. The fraction of sp³-hybridized carbons (Fsp3) is 0.190. The van der Waals surface area contributed by atoms with Gasteiger partial charge in [0, 0.05) is 16.3 Å². The number of rotatable bonds is 6. The number of carbonyl (C=O) groups excluding carboxylic acids is 3. The summed E-state index contributed by atoms with van der Waals surface area (Å²) in [4.78, 5) is 38.5. The highest BCUT2D eigenvalue weighted by molar-refractivity contribution is 8.18. The van der Waals surface area contributed by atoms with E-state index in [4.69, 9.17) is 16.3 Å². The van der Waals surface area contributed by atoms with E-state index in [9.17, 15) is 14.4 Å². The summed E-state index contributed by atoms with van der Waals surface area (Å²) in [6, 6.07) is 12.3. The number of thioether (sulfide) groups is 1. The van der Waals surface area contributed by atoms with Crippen LogP contribution in [0.5, 0.6) is 5.75 Å². The second-order valence-corrected chi connectivity index (χ2v) is 7.68. The molecule has 150 valence electrons. The van der Waals surface area contributed by atoms with E-state index >= 15 is 0 Å². The minimum absolute atomic E-state index is 0.210. The van der Waals surface area contributed by atoms with E-state index in [0.717, 1.165) is 22.2 Å². The summed E-state index contributed by atoms with van der Waals surface area (Å²) in [7, 11) is 0. The van der Waals surface area contributed by atoms with Gasteiger partial charge in [0.2, 0.25) is 5.91 Å². The van der Waals surface area contributed by atoms with Gasteiger partial charge < -0.3 is 10.1 Å². The third kappa shape index (κ3) is 4.99. The molecule has 1 aliphatic rings. The number of imide groups is 1. The largest absolute Gasteiger partial charge is 0.493 e. The molecule has 1 heterocycles. The molecule has 0 atom stereocenters. The van der Waals surface area contributed by atoms with Gasteiger partial charge in [-0.1, -0.05) is 29.8 Å². The molecule has 2 aromatic rings. The van der Waals surface area contributed by atoms with Crippen LogP contribution in [-0.4, -0.2) is 35.1 Å². The summed E-state index contributed by atoms with van der Waals surface area (Å²) in [5, 5.41) is 2.71. The molecule has 0 bridgehead atoms. The Bertz CT molecular complexity index is 1010. The number of nitrogens with one attached hydrogen (secondary N) is 1. The van der Waals surface area contributed by atoms with Crippen molar-refractivity contribution in [3.8, 4) is 5.75 Å². The SMILES string of the molecule is CCOc1ccc(Cl)cc1/C=C1\SC(=O)N(CC(=O)Nc2ccccc2C)C1=O. The molecule has 0 spiro atoms. The molecular formula is C21H19ClN2O4S. The van der Waals surface area contributed by atoms with E-state index in [1.54, 1.807) is 36.4 Å². The molecule has 0 unspecified atom stereocenters. The van der Waals surface area contributed by atoms with Crippen molar-refractivity contribution in [2.45, 2.75) is 13.8 Å². The first-order valence-electron chi connectivity index (χ1n) is 8.92. The van der Waals surface area contributed by atoms with Crippen molar-refractivity contribution < 1.29 is 19.1 Å². The third-order valence-electron chi connectivity index (χ3n) is 4.15. The van der Waals surface area contributed by atoms with Crippen LogP contribution in [0.25, 0.3) is 6.08 Å². The zero-order valence-electron chi connectivity index (χ0n) is 15.9. The van der Waals surface area contributed by atoms with E-state index in [0.29, 0.717) is 28.6 Å². The van der Waals surface area contributed by atoms with Crippen molar-refractivity contribution in [3.05, 3.63) is 63.5 Å². The van der Waals surface area contributed by atoms with Crippen molar-refractivity contribution in [3.63, 3.8) is 0 Å². The lowest BCUT2D eigenvalue weighted by Gasteiger charge is -2.13. The van der Waals surface area contributed by atoms with Crippen LogP contribution >= 0.6 is 23.4 Å². The quantitative estimate of drug-likeness (QED) is 0.671. The minimum Gasteiger partial charge on any atom is -0.493 e. The highest BCUT2D eigenvalue weighted by atomic mass is 35.5. The number of aryl methyl sites for hydroxylation is 1. The first-order chi connectivity index (χ1) is 13.9. The van der Waals surface area contributed by atoms with Gasteiger partial charge in [0.05, 0.1) is 11.5 Å². The van der Waals surface area contributed by atoms with Gasteiger partial charge in [0.15, 0.2) is 0 Å². The molecule has 0 radical (unpaired) electrons. The van der Waals surface area contributed by atoms with E-state index in [-0.39, 0.29) is 11.4 Å². The monoisotopic (exact) mass is 430 g/mol. The molecule has 3 amide bonds. The fourth-order valence-corrected chi connectivity index (χ4v) is 3.75. The average molecular weight is 431 g/mol. The summed E-state index contributed by atoms with van der Waals surface area (Å²) < 4.78 is 5.55. The van der Waals surface area contributed by atoms with Crippen molar-refractivity contribution in [1.82, 2.24) is 4.90 Å². The Labute approximate surface area is 177 Å². The smallest absolute Gasteiger partial charge is 0.294 e. The number of nitrogens with zero attached hydrogens (tertiary/aromatic N) is 1. The van der Waals surface area contributed by atoms with E-state index < -0.39 is 17.1 Å². The second-order valence-electron chi connectivity index (χ2n) is 6.25. The predicted molar refractivity (Wildman–Crippen MR) is 115 cm³/mol. The maximum absolute atomic E-state index is 12.7. The Kier molecular flexibility index (Phi) is 6.61. The number of hydrogen-bond donors (Lipinski definition) is 1. The first kappa shape index (κ1) is 21.0. The number of anilines is 1. The molecule has 3 rings (SSSR count). The standard InChI is InChI=1S/C21H19ClN2O4S/c1-3-28-17-9-8-15(22)10-14(17)11-18-20(26)24(21(27)29-18)12-19(25)23-16-7-5-4-6-13(16)2/h4-11H,3,12H2,1-2H3,(H,23,25)/b18-11-.